The van der Waals surface area contributed by atoms with Gasteiger partial charge in [-0.25, -0.2) is 0 Å². The molecule has 3 heterocycles. The summed E-state index contributed by atoms with van der Waals surface area (Å²) in [7, 11) is -3.22. The molecule has 110 valence electrons. The Morgan fingerprint density at radius 3 is 1.95 bits per heavy atom. The van der Waals surface area contributed by atoms with E-state index in [1.165, 1.54) is 12.8 Å². The molecule has 3 rings (SSSR count). The summed E-state index contributed by atoms with van der Waals surface area (Å²) in [5.74, 6) is 0. The SMILES string of the molecule is O=S(=O)(N1CCCCCC1)N1C2CCC1CC(Br)C2. The van der Waals surface area contributed by atoms with Gasteiger partial charge in [-0.1, -0.05) is 28.8 Å². The number of hydrogen-bond acceptors (Lipinski definition) is 2. The molecule has 3 fully saturated rings. The van der Waals surface area contributed by atoms with Gasteiger partial charge in [-0.2, -0.15) is 17.0 Å². The van der Waals surface area contributed by atoms with E-state index in [0.717, 1.165) is 51.6 Å². The second kappa shape index (κ2) is 5.62. The zero-order valence-corrected chi connectivity index (χ0v) is 13.7. The molecule has 3 aliphatic heterocycles. The molecule has 6 heteroatoms. The first-order valence-electron chi connectivity index (χ1n) is 7.52. The van der Waals surface area contributed by atoms with Crippen LogP contribution in [-0.2, 0) is 10.2 Å². The largest absolute Gasteiger partial charge is 0.282 e. The van der Waals surface area contributed by atoms with Gasteiger partial charge >= 0.3 is 0 Å². The molecule has 2 atom stereocenters. The summed E-state index contributed by atoms with van der Waals surface area (Å²) < 4.78 is 29.4. The van der Waals surface area contributed by atoms with Crippen molar-refractivity contribution in [2.75, 3.05) is 13.1 Å². The molecule has 0 aromatic rings. The first-order chi connectivity index (χ1) is 9.09. The summed E-state index contributed by atoms with van der Waals surface area (Å²) in [5.41, 5.74) is 0. The normalized spacial score (nSPS) is 38.3. The summed E-state index contributed by atoms with van der Waals surface area (Å²) in [4.78, 5) is 0.501. The van der Waals surface area contributed by atoms with E-state index in [1.807, 2.05) is 4.31 Å². The summed E-state index contributed by atoms with van der Waals surface area (Å²) in [6.45, 7) is 1.44. The third kappa shape index (κ3) is 2.74. The summed E-state index contributed by atoms with van der Waals surface area (Å²) in [6, 6.07) is 0.466. The predicted molar refractivity (Wildman–Crippen MR) is 79.6 cm³/mol. The molecular weight excluding hydrogens is 328 g/mol. The molecule has 0 N–H and O–H groups in total. The highest BCUT2D eigenvalue weighted by atomic mass is 79.9. The van der Waals surface area contributed by atoms with Crippen LogP contribution in [0.1, 0.15) is 51.4 Å². The molecule has 19 heavy (non-hydrogen) atoms. The van der Waals surface area contributed by atoms with Crippen LogP contribution in [0.4, 0.5) is 0 Å². The van der Waals surface area contributed by atoms with Crippen molar-refractivity contribution in [2.24, 2.45) is 0 Å². The van der Waals surface area contributed by atoms with E-state index < -0.39 is 10.2 Å². The van der Waals surface area contributed by atoms with Gasteiger partial charge in [0.2, 0.25) is 0 Å². The Kier molecular flexibility index (Phi) is 4.23. The van der Waals surface area contributed by atoms with Crippen LogP contribution in [-0.4, -0.2) is 47.0 Å². The van der Waals surface area contributed by atoms with E-state index in [1.54, 1.807) is 4.31 Å². The zero-order valence-electron chi connectivity index (χ0n) is 11.3. The summed E-state index contributed by atoms with van der Waals surface area (Å²) >= 11 is 3.68. The smallest absolute Gasteiger partial charge is 0.195 e. The van der Waals surface area contributed by atoms with Crippen molar-refractivity contribution in [3.63, 3.8) is 0 Å². The molecule has 0 aromatic heterocycles. The molecule has 0 saturated carbocycles. The van der Waals surface area contributed by atoms with Crippen LogP contribution in [0, 0.1) is 0 Å². The van der Waals surface area contributed by atoms with Gasteiger partial charge in [0.1, 0.15) is 0 Å². The molecular formula is C13H23BrN2O2S. The molecule has 0 amide bonds. The van der Waals surface area contributed by atoms with E-state index >= 15 is 0 Å². The molecule has 3 aliphatic rings. The maximum Gasteiger partial charge on any atom is 0.282 e. The predicted octanol–water partition coefficient (Wildman–Crippen LogP) is 2.50. The number of alkyl halides is 1. The van der Waals surface area contributed by atoms with E-state index in [4.69, 9.17) is 0 Å². The van der Waals surface area contributed by atoms with E-state index in [2.05, 4.69) is 15.9 Å². The highest BCUT2D eigenvalue weighted by Gasteiger charge is 2.47. The highest BCUT2D eigenvalue weighted by Crippen LogP contribution is 2.41. The lowest BCUT2D eigenvalue weighted by molar-refractivity contribution is 0.233. The van der Waals surface area contributed by atoms with Gasteiger partial charge in [0.15, 0.2) is 0 Å². The minimum absolute atomic E-state index is 0.233. The van der Waals surface area contributed by atoms with Crippen molar-refractivity contribution in [1.82, 2.24) is 8.61 Å². The van der Waals surface area contributed by atoms with E-state index in [-0.39, 0.29) is 12.1 Å². The molecule has 2 unspecified atom stereocenters. The number of halogens is 1. The minimum atomic E-state index is -3.22. The Labute approximate surface area is 124 Å². The van der Waals surface area contributed by atoms with Crippen molar-refractivity contribution in [1.29, 1.82) is 0 Å². The molecule has 4 nitrogen and oxygen atoms in total. The minimum Gasteiger partial charge on any atom is -0.195 e. The highest BCUT2D eigenvalue weighted by molar-refractivity contribution is 9.09. The average molecular weight is 351 g/mol. The first kappa shape index (κ1) is 14.3. The van der Waals surface area contributed by atoms with Crippen molar-refractivity contribution in [2.45, 2.75) is 68.3 Å². The maximum atomic E-state index is 12.9. The molecule has 2 bridgehead atoms. The Morgan fingerprint density at radius 1 is 0.895 bits per heavy atom. The number of nitrogens with zero attached hydrogens (tertiary/aromatic N) is 2. The number of rotatable bonds is 2. The lowest BCUT2D eigenvalue weighted by Crippen LogP contribution is -2.52. The standard InChI is InChI=1S/C13H23BrN2O2S/c14-11-9-12-5-6-13(10-11)16(12)19(17,18)15-7-3-1-2-4-8-15/h11-13H,1-10H2. The molecule has 0 spiro atoms. The van der Waals surface area contributed by atoms with Crippen LogP contribution in [0.2, 0.25) is 0 Å². The van der Waals surface area contributed by atoms with Crippen molar-refractivity contribution < 1.29 is 8.42 Å². The summed E-state index contributed by atoms with van der Waals surface area (Å²) in [6.07, 6.45) is 8.41. The average Bonchev–Trinajstić information content (AvgIpc) is 2.59. The van der Waals surface area contributed by atoms with Crippen LogP contribution in [0.15, 0.2) is 0 Å². The number of piperidine rings is 1. The number of fused-ring (bicyclic) bond motifs is 2. The summed E-state index contributed by atoms with van der Waals surface area (Å²) in [5, 5.41) is 0. The zero-order chi connectivity index (χ0) is 13.5. The molecule has 0 aromatic carbocycles. The Morgan fingerprint density at radius 2 is 1.42 bits per heavy atom. The third-order valence-electron chi connectivity index (χ3n) is 4.77. The monoisotopic (exact) mass is 350 g/mol. The van der Waals surface area contributed by atoms with E-state index in [9.17, 15) is 8.42 Å². The maximum absolute atomic E-state index is 12.9. The Bertz CT molecular complexity index is 406. The van der Waals surface area contributed by atoms with Crippen LogP contribution in [0.3, 0.4) is 0 Å². The fourth-order valence-electron chi connectivity index (χ4n) is 3.85. The van der Waals surface area contributed by atoms with Crippen LogP contribution < -0.4 is 0 Å². The van der Waals surface area contributed by atoms with Gasteiger partial charge in [0.25, 0.3) is 10.2 Å². The van der Waals surface area contributed by atoms with Crippen molar-refractivity contribution in [3.8, 4) is 0 Å². The lowest BCUT2D eigenvalue weighted by Gasteiger charge is -2.38. The fourth-order valence-corrected chi connectivity index (χ4v) is 6.84. The topological polar surface area (TPSA) is 40.6 Å². The van der Waals surface area contributed by atoms with Gasteiger partial charge in [0.05, 0.1) is 0 Å². The van der Waals surface area contributed by atoms with Crippen LogP contribution in [0.5, 0.6) is 0 Å². The second-order valence-corrected chi connectivity index (χ2v) is 9.23. The second-order valence-electron chi connectivity index (χ2n) is 6.10. The molecule has 3 saturated heterocycles. The first-order valence-corrected chi connectivity index (χ1v) is 9.83. The van der Waals surface area contributed by atoms with Gasteiger partial charge < -0.3 is 0 Å². The van der Waals surface area contributed by atoms with Crippen LogP contribution >= 0.6 is 15.9 Å². The van der Waals surface area contributed by atoms with Gasteiger partial charge in [-0.15, -0.1) is 0 Å². The van der Waals surface area contributed by atoms with Gasteiger partial charge in [-0.3, -0.25) is 0 Å². The van der Waals surface area contributed by atoms with Crippen LogP contribution in [0.25, 0.3) is 0 Å². The van der Waals surface area contributed by atoms with Gasteiger partial charge in [0, 0.05) is 30.0 Å². The lowest BCUT2D eigenvalue weighted by atomic mass is 10.1. The molecule has 0 radical (unpaired) electrons. The number of hydrogen-bond donors (Lipinski definition) is 0. The Hall–Kier alpha value is 0.350. The third-order valence-corrected chi connectivity index (χ3v) is 7.66. The van der Waals surface area contributed by atoms with E-state index in [0.29, 0.717) is 4.83 Å². The fraction of sp³-hybridized carbons (Fsp3) is 1.00. The molecule has 0 aliphatic carbocycles. The van der Waals surface area contributed by atoms with Crippen molar-refractivity contribution >= 4 is 26.1 Å². The van der Waals surface area contributed by atoms with Crippen molar-refractivity contribution in [3.05, 3.63) is 0 Å². The quantitative estimate of drug-likeness (QED) is 0.718. The Balaban J connectivity index is 1.80. The van der Waals surface area contributed by atoms with Gasteiger partial charge in [-0.05, 0) is 38.5 Å².